The molecule has 3 aromatic heterocycles. The van der Waals surface area contributed by atoms with Gasteiger partial charge in [0.25, 0.3) is 11.5 Å². The van der Waals surface area contributed by atoms with Crippen LogP contribution in [0.3, 0.4) is 0 Å². The van der Waals surface area contributed by atoms with Crippen molar-refractivity contribution in [2.45, 2.75) is 31.6 Å². The maximum Gasteiger partial charge on any atom is 0.274 e. The Balaban J connectivity index is 1.95. The first-order chi connectivity index (χ1) is 11.1. The number of aromatic nitrogens is 3. The van der Waals surface area contributed by atoms with E-state index in [2.05, 4.69) is 4.98 Å². The van der Waals surface area contributed by atoms with E-state index in [1.165, 1.54) is 24.2 Å². The molecule has 23 heavy (non-hydrogen) atoms. The number of amides is 1. The van der Waals surface area contributed by atoms with Crippen LogP contribution < -0.4 is 11.3 Å². The Kier molecular flexibility index (Phi) is 3.30. The number of hydrogen-bond donors (Lipinski definition) is 2. The first-order valence-electron chi connectivity index (χ1n) is 7.64. The molecule has 0 aromatic carbocycles. The van der Waals surface area contributed by atoms with Crippen LogP contribution in [0.1, 0.15) is 47.0 Å². The molecule has 118 valence electrons. The molecule has 3 aromatic rings. The number of fused-ring (bicyclic) bond motifs is 1. The number of rotatable bonds is 3. The molecule has 0 atom stereocenters. The van der Waals surface area contributed by atoms with Gasteiger partial charge in [0.1, 0.15) is 5.52 Å². The molecule has 0 saturated heterocycles. The SMILES string of the molecule is NC(=O)c1cc(-n2nc(C3CCCC3)c3cc[nH]c(=O)c32)cs1. The van der Waals surface area contributed by atoms with Crippen LogP contribution in [-0.2, 0) is 0 Å². The number of aromatic amines is 1. The van der Waals surface area contributed by atoms with Gasteiger partial charge in [0.05, 0.1) is 16.3 Å². The number of nitrogens with one attached hydrogen (secondary N) is 1. The lowest BCUT2D eigenvalue weighted by Gasteiger charge is -2.04. The van der Waals surface area contributed by atoms with Crippen LogP contribution in [0.15, 0.2) is 28.5 Å². The maximum absolute atomic E-state index is 12.3. The molecular weight excluding hydrogens is 312 g/mol. The van der Waals surface area contributed by atoms with Crippen molar-refractivity contribution in [3.63, 3.8) is 0 Å². The molecule has 1 aliphatic carbocycles. The Morgan fingerprint density at radius 1 is 1.39 bits per heavy atom. The fourth-order valence-corrected chi connectivity index (χ4v) is 4.07. The topological polar surface area (TPSA) is 93.8 Å². The average molecular weight is 328 g/mol. The van der Waals surface area contributed by atoms with Gasteiger partial charge in [-0.15, -0.1) is 11.3 Å². The van der Waals surface area contributed by atoms with Crippen LogP contribution in [0.25, 0.3) is 16.6 Å². The number of nitrogens with two attached hydrogens (primary N) is 1. The molecule has 1 fully saturated rings. The highest BCUT2D eigenvalue weighted by atomic mass is 32.1. The van der Waals surface area contributed by atoms with Gasteiger partial charge >= 0.3 is 0 Å². The summed E-state index contributed by atoms with van der Waals surface area (Å²) in [6, 6.07) is 3.60. The smallest absolute Gasteiger partial charge is 0.274 e. The first kappa shape index (κ1) is 14.2. The van der Waals surface area contributed by atoms with Crippen LogP contribution in [-0.4, -0.2) is 20.7 Å². The Bertz CT molecular complexity index is 947. The third-order valence-electron chi connectivity index (χ3n) is 4.45. The molecule has 3 heterocycles. The van der Waals surface area contributed by atoms with Crippen molar-refractivity contribution in [3.8, 4) is 5.69 Å². The first-order valence-corrected chi connectivity index (χ1v) is 8.52. The molecule has 4 rings (SSSR count). The lowest BCUT2D eigenvalue weighted by Crippen LogP contribution is -2.10. The third kappa shape index (κ3) is 2.28. The number of thiophene rings is 1. The molecule has 0 spiro atoms. The standard InChI is InChI=1S/C16H16N4O2S/c17-15(21)12-7-10(8-23-12)20-14-11(5-6-18-16(14)22)13(19-20)9-3-1-2-4-9/h5-9H,1-4H2,(H2,17,21)(H,18,22). The summed E-state index contributed by atoms with van der Waals surface area (Å²) in [4.78, 5) is 26.8. The van der Waals surface area contributed by atoms with Gasteiger partial charge < -0.3 is 10.7 Å². The predicted octanol–water partition coefficient (Wildman–Crippen LogP) is 2.53. The number of carbonyl (C=O) groups excluding carboxylic acids is 1. The van der Waals surface area contributed by atoms with Gasteiger partial charge in [0, 0.05) is 22.9 Å². The number of nitrogens with zero attached hydrogens (tertiary/aromatic N) is 2. The Labute approximate surface area is 135 Å². The number of carbonyl (C=O) groups is 1. The van der Waals surface area contributed by atoms with E-state index in [0.717, 1.165) is 23.9 Å². The van der Waals surface area contributed by atoms with Gasteiger partial charge in [0.2, 0.25) is 0 Å². The van der Waals surface area contributed by atoms with Gasteiger partial charge in [-0.05, 0) is 25.0 Å². The Morgan fingerprint density at radius 3 is 2.87 bits per heavy atom. The van der Waals surface area contributed by atoms with Crippen molar-refractivity contribution in [1.82, 2.24) is 14.8 Å². The van der Waals surface area contributed by atoms with Crippen LogP contribution >= 0.6 is 11.3 Å². The molecule has 0 unspecified atom stereocenters. The summed E-state index contributed by atoms with van der Waals surface area (Å²) < 4.78 is 1.64. The van der Waals surface area contributed by atoms with E-state index in [9.17, 15) is 9.59 Å². The van der Waals surface area contributed by atoms with Gasteiger partial charge in [-0.2, -0.15) is 5.10 Å². The Morgan fingerprint density at radius 2 is 2.17 bits per heavy atom. The summed E-state index contributed by atoms with van der Waals surface area (Å²) in [6.07, 6.45) is 6.28. The Hall–Kier alpha value is -2.41. The zero-order valence-corrected chi connectivity index (χ0v) is 13.2. The molecule has 6 nitrogen and oxygen atoms in total. The minimum atomic E-state index is -0.470. The summed E-state index contributed by atoms with van der Waals surface area (Å²) in [5.74, 6) is -0.0718. The van der Waals surface area contributed by atoms with E-state index in [1.54, 1.807) is 22.3 Å². The summed E-state index contributed by atoms with van der Waals surface area (Å²) in [6.45, 7) is 0. The lowest BCUT2D eigenvalue weighted by atomic mass is 10.0. The molecule has 3 N–H and O–H groups in total. The zero-order valence-electron chi connectivity index (χ0n) is 12.4. The van der Waals surface area contributed by atoms with E-state index < -0.39 is 5.91 Å². The molecule has 1 amide bonds. The van der Waals surface area contributed by atoms with E-state index in [0.29, 0.717) is 22.0 Å². The van der Waals surface area contributed by atoms with Crippen molar-refractivity contribution in [1.29, 1.82) is 0 Å². The van der Waals surface area contributed by atoms with E-state index in [4.69, 9.17) is 10.8 Å². The normalized spacial score (nSPS) is 15.5. The van der Waals surface area contributed by atoms with Gasteiger partial charge in [-0.25, -0.2) is 4.68 Å². The maximum atomic E-state index is 12.3. The van der Waals surface area contributed by atoms with Crippen LogP contribution in [0.5, 0.6) is 0 Å². The third-order valence-corrected chi connectivity index (χ3v) is 5.38. The quantitative estimate of drug-likeness (QED) is 0.773. The van der Waals surface area contributed by atoms with Gasteiger partial charge in [-0.3, -0.25) is 9.59 Å². The molecule has 0 radical (unpaired) electrons. The minimum Gasteiger partial charge on any atom is -0.365 e. The second-order valence-corrected chi connectivity index (χ2v) is 6.79. The highest BCUT2D eigenvalue weighted by Gasteiger charge is 2.25. The second kappa shape index (κ2) is 5.34. The van der Waals surface area contributed by atoms with Crippen LogP contribution in [0.2, 0.25) is 0 Å². The fraction of sp³-hybridized carbons (Fsp3) is 0.312. The van der Waals surface area contributed by atoms with Crippen LogP contribution in [0, 0.1) is 0 Å². The number of H-pyrrole nitrogens is 1. The summed E-state index contributed by atoms with van der Waals surface area (Å²) in [5, 5.41) is 7.43. The average Bonchev–Trinajstić information content (AvgIpc) is 3.26. The van der Waals surface area contributed by atoms with Crippen molar-refractivity contribution >= 4 is 28.1 Å². The van der Waals surface area contributed by atoms with Gasteiger partial charge in [0.15, 0.2) is 0 Å². The summed E-state index contributed by atoms with van der Waals surface area (Å²) in [7, 11) is 0. The van der Waals surface area contributed by atoms with Crippen molar-refractivity contribution < 1.29 is 4.79 Å². The molecular formula is C16H16N4O2S. The minimum absolute atomic E-state index is 0.175. The molecule has 7 heteroatoms. The lowest BCUT2D eigenvalue weighted by molar-refractivity contribution is 0.100. The van der Waals surface area contributed by atoms with E-state index >= 15 is 0 Å². The summed E-state index contributed by atoms with van der Waals surface area (Å²) in [5.41, 5.74) is 7.37. The largest absolute Gasteiger partial charge is 0.365 e. The van der Waals surface area contributed by atoms with Crippen molar-refractivity contribution in [3.05, 3.63) is 44.6 Å². The van der Waals surface area contributed by atoms with Crippen molar-refractivity contribution in [2.24, 2.45) is 5.73 Å². The number of pyridine rings is 1. The van der Waals surface area contributed by atoms with E-state index in [-0.39, 0.29) is 5.56 Å². The van der Waals surface area contributed by atoms with E-state index in [1.807, 2.05) is 6.07 Å². The predicted molar refractivity (Wildman–Crippen MR) is 89.3 cm³/mol. The van der Waals surface area contributed by atoms with Crippen molar-refractivity contribution in [2.75, 3.05) is 0 Å². The number of hydrogen-bond acceptors (Lipinski definition) is 4. The highest BCUT2D eigenvalue weighted by molar-refractivity contribution is 7.12. The monoisotopic (exact) mass is 328 g/mol. The molecule has 0 bridgehead atoms. The zero-order chi connectivity index (χ0) is 16.0. The molecule has 0 aliphatic heterocycles. The van der Waals surface area contributed by atoms with Crippen LogP contribution in [0.4, 0.5) is 0 Å². The molecule has 1 aliphatic rings. The molecule has 1 saturated carbocycles. The fourth-order valence-electron chi connectivity index (χ4n) is 3.35. The number of primary amides is 1. The second-order valence-electron chi connectivity index (χ2n) is 5.88. The van der Waals surface area contributed by atoms with Gasteiger partial charge in [-0.1, -0.05) is 12.8 Å². The highest BCUT2D eigenvalue weighted by Crippen LogP contribution is 2.37. The summed E-state index contributed by atoms with van der Waals surface area (Å²) >= 11 is 1.26.